The van der Waals surface area contributed by atoms with Crippen molar-refractivity contribution in [1.29, 1.82) is 0 Å². The first kappa shape index (κ1) is 22.4. The molecule has 3 N–H and O–H groups in total. The van der Waals surface area contributed by atoms with Gasteiger partial charge in [0.05, 0.1) is 5.75 Å². The van der Waals surface area contributed by atoms with Crippen LogP contribution in [-0.4, -0.2) is 21.6 Å². The Kier molecular flexibility index (Phi) is 7.22. The lowest BCUT2D eigenvalue weighted by molar-refractivity contribution is -0.113. The van der Waals surface area contributed by atoms with E-state index in [2.05, 4.69) is 20.6 Å². The molecule has 0 spiro atoms. The average Bonchev–Trinajstić information content (AvgIpc) is 2.83. The summed E-state index contributed by atoms with van der Waals surface area (Å²) < 4.78 is 0. The van der Waals surface area contributed by atoms with Gasteiger partial charge >= 0.3 is 0 Å². The summed E-state index contributed by atoms with van der Waals surface area (Å²) in [6, 6.07) is 27.2. The van der Waals surface area contributed by atoms with Gasteiger partial charge in [-0.05, 0) is 48.9 Å². The summed E-state index contributed by atoms with van der Waals surface area (Å²) in [7, 11) is 0. The highest BCUT2D eigenvalue weighted by Crippen LogP contribution is 2.19. The van der Waals surface area contributed by atoms with Crippen molar-refractivity contribution in [2.45, 2.75) is 18.5 Å². The number of anilines is 3. The van der Waals surface area contributed by atoms with Gasteiger partial charge in [0.1, 0.15) is 0 Å². The van der Waals surface area contributed by atoms with Crippen LogP contribution in [0.3, 0.4) is 0 Å². The van der Waals surface area contributed by atoms with Crippen LogP contribution in [0.15, 0.2) is 94.9 Å². The standard InChI is InChI=1S/C26H24N4O2S/c1-18-23(16-19-8-4-2-5-9-19)25(32)30-26(27-18)33-17-24(31)29-22-14-12-21(13-15-22)28-20-10-6-3-7-11-20/h2-15,28H,16-17H2,1H3,(H,29,31)(H,27,30,32). The maximum atomic E-state index is 12.5. The first-order valence-corrected chi connectivity index (χ1v) is 11.5. The van der Waals surface area contributed by atoms with Gasteiger partial charge in [0, 0.05) is 34.7 Å². The number of amides is 1. The fourth-order valence-corrected chi connectivity index (χ4v) is 4.02. The van der Waals surface area contributed by atoms with E-state index in [1.54, 1.807) is 0 Å². The second-order valence-corrected chi connectivity index (χ2v) is 8.47. The molecule has 4 aromatic rings. The number of aromatic nitrogens is 2. The van der Waals surface area contributed by atoms with E-state index in [4.69, 9.17) is 0 Å². The number of aryl methyl sites for hydroxylation is 1. The molecule has 4 rings (SSSR count). The van der Waals surface area contributed by atoms with Crippen molar-refractivity contribution in [2.75, 3.05) is 16.4 Å². The van der Waals surface area contributed by atoms with Crippen molar-refractivity contribution in [2.24, 2.45) is 0 Å². The van der Waals surface area contributed by atoms with Crippen molar-refractivity contribution in [3.63, 3.8) is 0 Å². The monoisotopic (exact) mass is 456 g/mol. The van der Waals surface area contributed by atoms with Crippen LogP contribution >= 0.6 is 11.8 Å². The largest absolute Gasteiger partial charge is 0.356 e. The van der Waals surface area contributed by atoms with Gasteiger partial charge in [-0.15, -0.1) is 0 Å². The molecular weight excluding hydrogens is 432 g/mol. The Bertz CT molecular complexity index is 1270. The number of nitrogens with one attached hydrogen (secondary N) is 3. The van der Waals surface area contributed by atoms with Crippen molar-refractivity contribution >= 4 is 34.7 Å². The molecule has 3 aromatic carbocycles. The lowest BCUT2D eigenvalue weighted by atomic mass is 10.1. The molecule has 6 nitrogen and oxygen atoms in total. The maximum absolute atomic E-state index is 12.5. The predicted octanol–water partition coefficient (Wildman–Crippen LogP) is 5.14. The molecule has 0 saturated heterocycles. The SMILES string of the molecule is Cc1nc(SCC(=O)Nc2ccc(Nc3ccccc3)cc2)[nH]c(=O)c1Cc1ccccc1. The zero-order valence-electron chi connectivity index (χ0n) is 18.2. The number of hydrogen-bond acceptors (Lipinski definition) is 5. The summed E-state index contributed by atoms with van der Waals surface area (Å²) in [5, 5.41) is 6.61. The molecule has 0 unspecified atom stereocenters. The highest BCUT2D eigenvalue weighted by molar-refractivity contribution is 7.99. The molecule has 1 aromatic heterocycles. The third kappa shape index (κ3) is 6.33. The Hall–Kier alpha value is -3.84. The van der Waals surface area contributed by atoms with Gasteiger partial charge in [0.2, 0.25) is 5.91 Å². The molecule has 0 aliphatic rings. The highest BCUT2D eigenvalue weighted by Gasteiger charge is 2.11. The molecule has 0 saturated carbocycles. The minimum absolute atomic E-state index is 0.143. The van der Waals surface area contributed by atoms with Crippen molar-refractivity contribution in [3.8, 4) is 0 Å². The molecule has 0 bridgehead atoms. The van der Waals surface area contributed by atoms with Gasteiger partial charge in [-0.3, -0.25) is 9.59 Å². The van der Waals surface area contributed by atoms with Gasteiger partial charge in [-0.2, -0.15) is 0 Å². The number of carbonyl (C=O) groups is 1. The Morgan fingerprint density at radius 3 is 2.15 bits per heavy atom. The first-order valence-electron chi connectivity index (χ1n) is 10.6. The van der Waals surface area contributed by atoms with Crippen LogP contribution in [0.4, 0.5) is 17.1 Å². The number of nitrogens with zero attached hydrogens (tertiary/aromatic N) is 1. The fraction of sp³-hybridized carbons (Fsp3) is 0.115. The smallest absolute Gasteiger partial charge is 0.255 e. The number of thioether (sulfide) groups is 1. The Morgan fingerprint density at radius 1 is 0.879 bits per heavy atom. The van der Waals surface area contributed by atoms with Crippen LogP contribution in [-0.2, 0) is 11.2 Å². The summed E-state index contributed by atoms with van der Waals surface area (Å²) >= 11 is 1.20. The summed E-state index contributed by atoms with van der Waals surface area (Å²) in [4.78, 5) is 32.2. The number of hydrogen-bond donors (Lipinski definition) is 3. The molecule has 0 radical (unpaired) electrons. The van der Waals surface area contributed by atoms with E-state index in [0.29, 0.717) is 28.5 Å². The minimum atomic E-state index is -0.171. The van der Waals surface area contributed by atoms with Gasteiger partial charge in [-0.1, -0.05) is 60.3 Å². The molecule has 33 heavy (non-hydrogen) atoms. The molecule has 1 heterocycles. The normalized spacial score (nSPS) is 10.6. The van der Waals surface area contributed by atoms with E-state index in [9.17, 15) is 9.59 Å². The predicted molar refractivity (Wildman–Crippen MR) is 134 cm³/mol. The van der Waals surface area contributed by atoms with E-state index >= 15 is 0 Å². The number of carbonyl (C=O) groups excluding carboxylic acids is 1. The topological polar surface area (TPSA) is 86.9 Å². The van der Waals surface area contributed by atoms with Crippen LogP contribution < -0.4 is 16.2 Å². The molecule has 0 aliphatic heterocycles. The third-order valence-electron chi connectivity index (χ3n) is 5.00. The van der Waals surface area contributed by atoms with Crippen LogP contribution in [0.5, 0.6) is 0 Å². The average molecular weight is 457 g/mol. The molecule has 0 fully saturated rings. The zero-order chi connectivity index (χ0) is 23.0. The van der Waals surface area contributed by atoms with E-state index in [-0.39, 0.29) is 17.2 Å². The fourth-order valence-electron chi connectivity index (χ4n) is 3.32. The van der Waals surface area contributed by atoms with Crippen LogP contribution in [0, 0.1) is 6.92 Å². The van der Waals surface area contributed by atoms with Crippen LogP contribution in [0.25, 0.3) is 0 Å². The Labute approximate surface area is 196 Å². The number of rotatable bonds is 8. The number of aromatic amines is 1. The summed E-state index contributed by atoms with van der Waals surface area (Å²) in [6.45, 7) is 1.82. The lowest BCUT2D eigenvalue weighted by Gasteiger charge is -2.09. The Morgan fingerprint density at radius 2 is 1.48 bits per heavy atom. The lowest BCUT2D eigenvalue weighted by Crippen LogP contribution is -2.19. The number of para-hydroxylation sites is 1. The Balaban J connectivity index is 1.32. The number of benzene rings is 3. The van der Waals surface area contributed by atoms with E-state index in [0.717, 1.165) is 16.9 Å². The molecule has 0 aliphatic carbocycles. The highest BCUT2D eigenvalue weighted by atomic mass is 32.2. The van der Waals surface area contributed by atoms with Crippen LogP contribution in [0.1, 0.15) is 16.8 Å². The second kappa shape index (κ2) is 10.7. The van der Waals surface area contributed by atoms with Gasteiger partial charge < -0.3 is 15.6 Å². The van der Waals surface area contributed by atoms with Gasteiger partial charge in [0.25, 0.3) is 5.56 Å². The zero-order valence-corrected chi connectivity index (χ0v) is 19.0. The molecule has 166 valence electrons. The van der Waals surface area contributed by atoms with Crippen molar-refractivity contribution < 1.29 is 4.79 Å². The van der Waals surface area contributed by atoms with Crippen molar-refractivity contribution in [1.82, 2.24) is 9.97 Å². The van der Waals surface area contributed by atoms with Gasteiger partial charge in [-0.25, -0.2) is 4.98 Å². The maximum Gasteiger partial charge on any atom is 0.255 e. The molecular formula is C26H24N4O2S. The first-order chi connectivity index (χ1) is 16.1. The van der Waals surface area contributed by atoms with E-state index < -0.39 is 0 Å². The molecule has 1 amide bonds. The summed E-state index contributed by atoms with van der Waals surface area (Å²) in [5.41, 5.74) is 4.83. The van der Waals surface area contributed by atoms with Crippen LogP contribution in [0.2, 0.25) is 0 Å². The van der Waals surface area contributed by atoms with Gasteiger partial charge in [0.15, 0.2) is 5.16 Å². The minimum Gasteiger partial charge on any atom is -0.356 e. The summed E-state index contributed by atoms with van der Waals surface area (Å²) in [5.74, 6) is -0.0258. The molecule has 7 heteroatoms. The molecule has 0 atom stereocenters. The quantitative estimate of drug-likeness (QED) is 0.252. The third-order valence-corrected chi connectivity index (χ3v) is 5.87. The second-order valence-electron chi connectivity index (χ2n) is 7.50. The van der Waals surface area contributed by atoms with E-state index in [1.165, 1.54) is 11.8 Å². The summed E-state index contributed by atoms with van der Waals surface area (Å²) in [6.07, 6.45) is 0.523. The number of H-pyrrole nitrogens is 1. The van der Waals surface area contributed by atoms with Crippen molar-refractivity contribution in [3.05, 3.63) is 112 Å². The van der Waals surface area contributed by atoms with E-state index in [1.807, 2.05) is 91.9 Å².